The molecule has 1 saturated heterocycles. The summed E-state index contributed by atoms with van der Waals surface area (Å²) in [4.78, 5) is 11.6. The number of benzene rings is 2. The van der Waals surface area contributed by atoms with E-state index in [9.17, 15) is 13.2 Å². The summed E-state index contributed by atoms with van der Waals surface area (Å²) < 4.78 is 26.0. The molecule has 0 bridgehead atoms. The number of sulfonamides is 1. The summed E-state index contributed by atoms with van der Waals surface area (Å²) in [6, 6.07) is 18.1. The van der Waals surface area contributed by atoms with Crippen LogP contribution < -0.4 is 9.73 Å². The lowest BCUT2D eigenvalue weighted by atomic mass is 10.0. The standard InChI is InChI=1S/C20H20N4O3S/c21-13-12-19(25)22-23-20(16-6-2-1-3-7-16)17-8-10-18(11-9-17)24-14-4-5-15-28(24,26)27/h1-3,6-11H,4-5,12,14-15H2,(H,22,25)/b23-20+. The van der Waals surface area contributed by atoms with Crippen LogP contribution in [0.1, 0.15) is 30.4 Å². The number of hydrogen-bond acceptors (Lipinski definition) is 5. The molecular formula is C20H20N4O3S. The molecule has 1 aliphatic rings. The first-order chi connectivity index (χ1) is 13.5. The van der Waals surface area contributed by atoms with Crippen molar-refractivity contribution < 1.29 is 13.2 Å². The molecule has 1 amide bonds. The van der Waals surface area contributed by atoms with Crippen LogP contribution in [0, 0.1) is 11.3 Å². The van der Waals surface area contributed by atoms with E-state index in [4.69, 9.17) is 5.26 Å². The van der Waals surface area contributed by atoms with Gasteiger partial charge in [0.15, 0.2) is 0 Å². The third-order valence-electron chi connectivity index (χ3n) is 4.36. The number of hydrogen-bond donors (Lipinski definition) is 1. The molecule has 28 heavy (non-hydrogen) atoms. The normalized spacial score (nSPS) is 16.2. The molecular weight excluding hydrogens is 376 g/mol. The lowest BCUT2D eigenvalue weighted by Crippen LogP contribution is -2.37. The fourth-order valence-electron chi connectivity index (χ4n) is 2.99. The first-order valence-electron chi connectivity index (χ1n) is 8.91. The van der Waals surface area contributed by atoms with Crippen LogP contribution in [0.15, 0.2) is 59.7 Å². The van der Waals surface area contributed by atoms with Crippen molar-refractivity contribution in [1.29, 1.82) is 5.26 Å². The third-order valence-corrected chi connectivity index (χ3v) is 6.23. The van der Waals surface area contributed by atoms with E-state index in [2.05, 4.69) is 10.5 Å². The van der Waals surface area contributed by atoms with Gasteiger partial charge in [0.1, 0.15) is 6.42 Å². The largest absolute Gasteiger partial charge is 0.272 e. The lowest BCUT2D eigenvalue weighted by Gasteiger charge is -2.28. The second kappa shape index (κ2) is 8.67. The second-order valence-corrected chi connectivity index (χ2v) is 8.35. The van der Waals surface area contributed by atoms with Crippen LogP contribution in [-0.4, -0.2) is 32.3 Å². The molecule has 0 unspecified atom stereocenters. The summed E-state index contributed by atoms with van der Waals surface area (Å²) in [5, 5.41) is 12.8. The molecule has 0 radical (unpaired) electrons. The van der Waals surface area contributed by atoms with Crippen molar-refractivity contribution >= 4 is 27.3 Å². The Hall–Kier alpha value is -3.18. The highest BCUT2D eigenvalue weighted by molar-refractivity contribution is 7.92. The van der Waals surface area contributed by atoms with Crippen LogP contribution in [0.5, 0.6) is 0 Å². The van der Waals surface area contributed by atoms with Gasteiger partial charge in [0.2, 0.25) is 10.0 Å². The highest BCUT2D eigenvalue weighted by Gasteiger charge is 2.26. The van der Waals surface area contributed by atoms with E-state index < -0.39 is 15.9 Å². The SMILES string of the molecule is N#CCC(=O)N/N=C(\c1ccccc1)c1ccc(N2CCCCS2(=O)=O)cc1. The Bertz CT molecular complexity index is 1010. The average molecular weight is 396 g/mol. The topological polar surface area (TPSA) is 103 Å². The minimum atomic E-state index is -3.27. The number of nitrogens with zero attached hydrogens (tertiary/aromatic N) is 3. The second-order valence-electron chi connectivity index (χ2n) is 6.34. The molecule has 144 valence electrons. The number of amides is 1. The van der Waals surface area contributed by atoms with E-state index in [1.165, 1.54) is 4.31 Å². The fraction of sp³-hybridized carbons (Fsp3) is 0.250. The Balaban J connectivity index is 1.91. The van der Waals surface area contributed by atoms with Crippen LogP contribution in [0.2, 0.25) is 0 Å². The number of hydrazone groups is 1. The molecule has 1 aliphatic heterocycles. The number of carbonyl (C=O) groups is 1. The molecule has 0 saturated carbocycles. The van der Waals surface area contributed by atoms with Gasteiger partial charge in [-0.3, -0.25) is 9.10 Å². The van der Waals surface area contributed by atoms with Crippen LogP contribution in [-0.2, 0) is 14.8 Å². The predicted molar refractivity (Wildman–Crippen MR) is 107 cm³/mol. The molecule has 3 rings (SSSR count). The van der Waals surface area contributed by atoms with Crippen molar-refractivity contribution in [2.45, 2.75) is 19.3 Å². The smallest absolute Gasteiger partial charge is 0.254 e. The van der Waals surface area contributed by atoms with E-state index in [0.29, 0.717) is 24.4 Å². The van der Waals surface area contributed by atoms with Crippen LogP contribution in [0.25, 0.3) is 0 Å². The van der Waals surface area contributed by atoms with E-state index >= 15 is 0 Å². The van der Waals surface area contributed by atoms with Gasteiger partial charge in [-0.1, -0.05) is 42.5 Å². The van der Waals surface area contributed by atoms with E-state index in [1.807, 2.05) is 30.3 Å². The van der Waals surface area contributed by atoms with E-state index in [0.717, 1.165) is 17.5 Å². The quantitative estimate of drug-likeness (QED) is 0.619. The van der Waals surface area contributed by atoms with Crippen LogP contribution >= 0.6 is 0 Å². The summed E-state index contributed by atoms with van der Waals surface area (Å²) in [5.41, 5.74) is 5.05. The van der Waals surface area contributed by atoms with Crippen LogP contribution in [0.4, 0.5) is 5.69 Å². The minimum absolute atomic E-state index is 0.163. The molecule has 0 atom stereocenters. The highest BCUT2D eigenvalue weighted by atomic mass is 32.2. The van der Waals surface area contributed by atoms with Gasteiger partial charge >= 0.3 is 0 Å². The van der Waals surface area contributed by atoms with E-state index in [-0.39, 0.29) is 12.2 Å². The molecule has 1 heterocycles. The molecule has 0 aliphatic carbocycles. The number of nitriles is 1. The summed E-state index contributed by atoms with van der Waals surface area (Å²) in [7, 11) is -3.27. The van der Waals surface area contributed by atoms with Gasteiger partial charge in [0.05, 0.1) is 23.2 Å². The number of anilines is 1. The Kier molecular flexibility index (Phi) is 6.06. The zero-order valence-corrected chi connectivity index (χ0v) is 16.0. The average Bonchev–Trinajstić information content (AvgIpc) is 2.69. The van der Waals surface area contributed by atoms with E-state index in [1.54, 1.807) is 30.3 Å². The molecule has 0 spiro atoms. The molecule has 2 aromatic rings. The molecule has 8 heteroatoms. The molecule has 1 N–H and O–H groups in total. The van der Waals surface area contributed by atoms with Gasteiger partial charge < -0.3 is 0 Å². The van der Waals surface area contributed by atoms with Crippen LogP contribution in [0.3, 0.4) is 0 Å². The highest BCUT2D eigenvalue weighted by Crippen LogP contribution is 2.24. The zero-order valence-electron chi connectivity index (χ0n) is 15.2. The summed E-state index contributed by atoms with van der Waals surface area (Å²) in [6.45, 7) is 0.478. The summed E-state index contributed by atoms with van der Waals surface area (Å²) in [6.07, 6.45) is 1.24. The van der Waals surface area contributed by atoms with Crippen molar-refractivity contribution in [2.75, 3.05) is 16.6 Å². The molecule has 2 aromatic carbocycles. The van der Waals surface area contributed by atoms with Gasteiger partial charge in [-0.2, -0.15) is 10.4 Å². The Labute approximate surface area is 164 Å². The van der Waals surface area contributed by atoms with Crippen molar-refractivity contribution in [3.63, 3.8) is 0 Å². The molecule has 1 fully saturated rings. The lowest BCUT2D eigenvalue weighted by molar-refractivity contribution is -0.120. The number of rotatable bonds is 5. The maximum absolute atomic E-state index is 12.3. The fourth-order valence-corrected chi connectivity index (χ4v) is 4.63. The maximum Gasteiger partial charge on any atom is 0.254 e. The summed E-state index contributed by atoms with van der Waals surface area (Å²) in [5.74, 6) is -0.330. The maximum atomic E-state index is 12.3. The summed E-state index contributed by atoms with van der Waals surface area (Å²) >= 11 is 0. The molecule has 7 nitrogen and oxygen atoms in total. The zero-order chi connectivity index (χ0) is 20.0. The minimum Gasteiger partial charge on any atom is -0.272 e. The van der Waals surface area contributed by atoms with Crippen molar-refractivity contribution in [3.8, 4) is 6.07 Å². The Morgan fingerprint density at radius 3 is 2.39 bits per heavy atom. The molecule has 0 aromatic heterocycles. The van der Waals surface area contributed by atoms with Gasteiger partial charge in [0.25, 0.3) is 5.91 Å². The first kappa shape index (κ1) is 19.6. The van der Waals surface area contributed by atoms with Crippen molar-refractivity contribution in [1.82, 2.24) is 5.43 Å². The predicted octanol–water partition coefficient (Wildman–Crippen LogP) is 2.40. The van der Waals surface area contributed by atoms with Gasteiger partial charge in [0, 0.05) is 17.7 Å². The Morgan fingerprint density at radius 2 is 1.75 bits per heavy atom. The number of nitrogens with one attached hydrogen (secondary N) is 1. The first-order valence-corrected chi connectivity index (χ1v) is 10.5. The third kappa shape index (κ3) is 4.56. The van der Waals surface area contributed by atoms with Crippen molar-refractivity contribution in [3.05, 3.63) is 65.7 Å². The van der Waals surface area contributed by atoms with Gasteiger partial charge in [-0.15, -0.1) is 0 Å². The monoisotopic (exact) mass is 396 g/mol. The van der Waals surface area contributed by atoms with Gasteiger partial charge in [-0.25, -0.2) is 13.8 Å². The Morgan fingerprint density at radius 1 is 1.07 bits per heavy atom. The van der Waals surface area contributed by atoms with Gasteiger partial charge in [-0.05, 0) is 25.0 Å². The number of carbonyl (C=O) groups excluding carboxylic acids is 1. The van der Waals surface area contributed by atoms with Crippen molar-refractivity contribution in [2.24, 2.45) is 5.10 Å².